The molecule has 0 aliphatic carbocycles. The normalized spacial score (nSPS) is 12.6. The summed E-state index contributed by atoms with van der Waals surface area (Å²) in [6.45, 7) is 8.25. The standard InChI is InChI=1S/C21H23N3O2/c1-14(20-23-18(24-26-20)15-8-6-5-7-9-15)22-19(25)16-10-12-17(13-11-16)21(2,3)4/h5-14H,1-4H3,(H,22,25)/t14-/m0/s1. The Kier molecular flexibility index (Phi) is 4.89. The first-order valence-electron chi connectivity index (χ1n) is 8.65. The molecule has 0 fully saturated rings. The molecule has 1 atom stereocenters. The van der Waals surface area contributed by atoms with Crippen LogP contribution in [0.1, 0.15) is 55.5 Å². The molecule has 2 aromatic carbocycles. The molecule has 0 unspecified atom stereocenters. The Balaban J connectivity index is 1.69. The fraction of sp³-hybridized carbons (Fsp3) is 0.286. The Bertz CT molecular complexity index is 878. The highest BCUT2D eigenvalue weighted by Crippen LogP contribution is 2.23. The van der Waals surface area contributed by atoms with Gasteiger partial charge in [0.15, 0.2) is 0 Å². The highest BCUT2D eigenvalue weighted by atomic mass is 16.5. The van der Waals surface area contributed by atoms with Crippen molar-refractivity contribution in [1.82, 2.24) is 15.5 Å². The Hall–Kier alpha value is -2.95. The van der Waals surface area contributed by atoms with Crippen molar-refractivity contribution in [3.63, 3.8) is 0 Å². The lowest BCUT2D eigenvalue weighted by Gasteiger charge is -2.19. The van der Waals surface area contributed by atoms with E-state index in [1.165, 1.54) is 5.56 Å². The molecule has 26 heavy (non-hydrogen) atoms. The third-order valence-corrected chi connectivity index (χ3v) is 4.20. The first-order chi connectivity index (χ1) is 12.3. The minimum absolute atomic E-state index is 0.0555. The molecule has 5 nitrogen and oxygen atoms in total. The zero-order chi connectivity index (χ0) is 18.7. The van der Waals surface area contributed by atoms with Gasteiger partial charge in [-0.3, -0.25) is 4.79 Å². The number of carbonyl (C=O) groups excluding carboxylic acids is 1. The van der Waals surface area contributed by atoms with Crippen molar-refractivity contribution in [2.75, 3.05) is 0 Å². The molecule has 0 bridgehead atoms. The van der Waals surface area contributed by atoms with E-state index in [4.69, 9.17) is 4.52 Å². The van der Waals surface area contributed by atoms with Crippen molar-refractivity contribution in [3.8, 4) is 11.4 Å². The summed E-state index contributed by atoms with van der Waals surface area (Å²) >= 11 is 0. The molecule has 1 heterocycles. The Labute approximate surface area is 153 Å². The molecule has 5 heteroatoms. The molecule has 134 valence electrons. The van der Waals surface area contributed by atoms with Crippen LogP contribution < -0.4 is 5.32 Å². The summed E-state index contributed by atoms with van der Waals surface area (Å²) in [6, 6.07) is 16.9. The van der Waals surface area contributed by atoms with Gasteiger partial charge in [-0.25, -0.2) is 0 Å². The maximum Gasteiger partial charge on any atom is 0.251 e. The number of carbonyl (C=O) groups is 1. The number of benzene rings is 2. The van der Waals surface area contributed by atoms with E-state index in [0.29, 0.717) is 17.3 Å². The number of amides is 1. The highest BCUT2D eigenvalue weighted by Gasteiger charge is 2.19. The van der Waals surface area contributed by atoms with Crippen molar-refractivity contribution >= 4 is 5.91 Å². The molecule has 0 aliphatic rings. The quantitative estimate of drug-likeness (QED) is 0.751. The monoisotopic (exact) mass is 349 g/mol. The molecular weight excluding hydrogens is 326 g/mol. The van der Waals surface area contributed by atoms with Gasteiger partial charge in [-0.05, 0) is 30.0 Å². The van der Waals surface area contributed by atoms with Crippen LogP contribution in [-0.4, -0.2) is 16.0 Å². The van der Waals surface area contributed by atoms with Gasteiger partial charge in [0.1, 0.15) is 6.04 Å². The van der Waals surface area contributed by atoms with Crippen LogP contribution in [0.25, 0.3) is 11.4 Å². The molecule has 3 aromatic rings. The molecule has 1 aromatic heterocycles. The third-order valence-electron chi connectivity index (χ3n) is 4.20. The van der Waals surface area contributed by atoms with E-state index in [9.17, 15) is 4.79 Å². The maximum absolute atomic E-state index is 12.5. The second-order valence-corrected chi connectivity index (χ2v) is 7.34. The summed E-state index contributed by atoms with van der Waals surface area (Å²) in [5, 5.41) is 6.89. The van der Waals surface area contributed by atoms with Gasteiger partial charge in [-0.2, -0.15) is 4.98 Å². The molecule has 0 aliphatic heterocycles. The largest absolute Gasteiger partial charge is 0.341 e. The predicted octanol–water partition coefficient (Wildman–Crippen LogP) is 4.53. The van der Waals surface area contributed by atoms with E-state index in [2.05, 4.69) is 36.2 Å². The second-order valence-electron chi connectivity index (χ2n) is 7.34. The number of nitrogens with zero attached hydrogens (tertiary/aromatic N) is 2. The van der Waals surface area contributed by atoms with Crippen LogP contribution in [0.3, 0.4) is 0 Å². The SMILES string of the molecule is C[C@H](NC(=O)c1ccc(C(C)(C)C)cc1)c1nc(-c2ccccc2)no1. The Morgan fingerprint density at radius 2 is 1.69 bits per heavy atom. The molecule has 0 saturated carbocycles. The summed E-state index contributed by atoms with van der Waals surface area (Å²) < 4.78 is 5.31. The average Bonchev–Trinajstić information content (AvgIpc) is 3.12. The Morgan fingerprint density at radius 1 is 1.04 bits per heavy atom. The molecule has 0 saturated heterocycles. The van der Waals surface area contributed by atoms with E-state index < -0.39 is 0 Å². The van der Waals surface area contributed by atoms with Crippen LogP contribution in [0.5, 0.6) is 0 Å². The molecule has 0 radical (unpaired) electrons. The smallest absolute Gasteiger partial charge is 0.251 e. The lowest BCUT2D eigenvalue weighted by molar-refractivity contribution is 0.0932. The number of rotatable bonds is 4. The van der Waals surface area contributed by atoms with Gasteiger partial charge < -0.3 is 9.84 Å². The first-order valence-corrected chi connectivity index (χ1v) is 8.65. The summed E-state index contributed by atoms with van der Waals surface area (Å²) in [5.74, 6) is 0.720. The highest BCUT2D eigenvalue weighted by molar-refractivity contribution is 5.94. The van der Waals surface area contributed by atoms with E-state index >= 15 is 0 Å². The predicted molar refractivity (Wildman–Crippen MR) is 101 cm³/mol. The van der Waals surface area contributed by atoms with Gasteiger partial charge >= 0.3 is 0 Å². The number of nitrogens with one attached hydrogen (secondary N) is 1. The van der Waals surface area contributed by atoms with Crippen molar-refractivity contribution in [2.45, 2.75) is 39.2 Å². The summed E-state index contributed by atoms with van der Waals surface area (Å²) in [4.78, 5) is 16.8. The van der Waals surface area contributed by atoms with Crippen molar-refractivity contribution in [3.05, 3.63) is 71.6 Å². The average molecular weight is 349 g/mol. The Morgan fingerprint density at radius 3 is 2.31 bits per heavy atom. The van der Waals surface area contributed by atoms with Crippen LogP contribution >= 0.6 is 0 Å². The van der Waals surface area contributed by atoms with Crippen LogP contribution in [0.2, 0.25) is 0 Å². The first kappa shape index (κ1) is 17.9. The molecule has 0 spiro atoms. The molecule has 1 N–H and O–H groups in total. The second kappa shape index (κ2) is 7.12. The van der Waals surface area contributed by atoms with Gasteiger partial charge in [-0.1, -0.05) is 68.4 Å². The van der Waals surface area contributed by atoms with Gasteiger partial charge in [-0.15, -0.1) is 0 Å². The molecular formula is C21H23N3O2. The number of aromatic nitrogens is 2. The van der Waals surface area contributed by atoms with Crippen molar-refractivity contribution < 1.29 is 9.32 Å². The lowest BCUT2D eigenvalue weighted by atomic mass is 9.86. The fourth-order valence-electron chi connectivity index (χ4n) is 2.58. The van der Waals surface area contributed by atoms with Gasteiger partial charge in [0.25, 0.3) is 5.91 Å². The van der Waals surface area contributed by atoms with E-state index in [0.717, 1.165) is 5.56 Å². The van der Waals surface area contributed by atoms with Crippen LogP contribution in [0, 0.1) is 0 Å². The summed E-state index contributed by atoms with van der Waals surface area (Å²) in [6.07, 6.45) is 0. The fourth-order valence-corrected chi connectivity index (χ4v) is 2.58. The third kappa shape index (κ3) is 3.99. The number of hydrogen-bond donors (Lipinski definition) is 1. The topological polar surface area (TPSA) is 68.0 Å². The zero-order valence-corrected chi connectivity index (χ0v) is 15.5. The van der Waals surface area contributed by atoms with Gasteiger partial charge in [0.05, 0.1) is 0 Å². The zero-order valence-electron chi connectivity index (χ0n) is 15.5. The van der Waals surface area contributed by atoms with E-state index in [1.54, 1.807) is 0 Å². The van der Waals surface area contributed by atoms with Crippen LogP contribution in [0.4, 0.5) is 0 Å². The number of hydrogen-bond acceptors (Lipinski definition) is 4. The van der Waals surface area contributed by atoms with E-state index in [-0.39, 0.29) is 17.4 Å². The summed E-state index contributed by atoms with van der Waals surface area (Å²) in [7, 11) is 0. The van der Waals surface area contributed by atoms with Crippen LogP contribution in [-0.2, 0) is 5.41 Å². The maximum atomic E-state index is 12.5. The minimum Gasteiger partial charge on any atom is -0.341 e. The summed E-state index contributed by atoms with van der Waals surface area (Å²) in [5.41, 5.74) is 2.72. The van der Waals surface area contributed by atoms with Crippen molar-refractivity contribution in [2.24, 2.45) is 0 Å². The lowest BCUT2D eigenvalue weighted by Crippen LogP contribution is -2.27. The van der Waals surface area contributed by atoms with Crippen molar-refractivity contribution in [1.29, 1.82) is 0 Å². The minimum atomic E-state index is -0.380. The van der Waals surface area contributed by atoms with Crippen LogP contribution in [0.15, 0.2) is 59.1 Å². The van der Waals surface area contributed by atoms with E-state index in [1.807, 2.05) is 61.5 Å². The van der Waals surface area contributed by atoms with Gasteiger partial charge in [0.2, 0.25) is 11.7 Å². The van der Waals surface area contributed by atoms with Gasteiger partial charge in [0, 0.05) is 11.1 Å². The molecule has 1 amide bonds. The molecule has 3 rings (SSSR count).